The van der Waals surface area contributed by atoms with Crippen molar-refractivity contribution >= 4 is 17.3 Å². The third-order valence-corrected chi connectivity index (χ3v) is 3.34. The van der Waals surface area contributed by atoms with Crippen molar-refractivity contribution < 1.29 is 14.3 Å². The Bertz CT molecular complexity index is 554. The van der Waals surface area contributed by atoms with Crippen molar-refractivity contribution in [3.8, 4) is 0 Å². The molecule has 86 valence electrons. The van der Waals surface area contributed by atoms with E-state index in [2.05, 4.69) is 0 Å². The summed E-state index contributed by atoms with van der Waals surface area (Å²) in [6, 6.07) is 7.14. The lowest BCUT2D eigenvalue weighted by molar-refractivity contribution is -0.112. The molecule has 0 bridgehead atoms. The molecule has 3 heteroatoms. The van der Waals surface area contributed by atoms with Crippen LogP contribution in [-0.2, 0) is 9.53 Å². The first kappa shape index (κ1) is 10.3. The van der Waals surface area contributed by atoms with Crippen LogP contribution in [0.1, 0.15) is 35.7 Å². The second-order valence-corrected chi connectivity index (χ2v) is 4.36. The van der Waals surface area contributed by atoms with Crippen molar-refractivity contribution in [3.05, 3.63) is 41.0 Å². The van der Waals surface area contributed by atoms with Crippen molar-refractivity contribution in [1.29, 1.82) is 0 Å². The van der Waals surface area contributed by atoms with Gasteiger partial charge >= 0.3 is 0 Å². The Morgan fingerprint density at radius 2 is 1.88 bits per heavy atom. The van der Waals surface area contributed by atoms with Crippen molar-refractivity contribution in [2.75, 3.05) is 0 Å². The van der Waals surface area contributed by atoms with Gasteiger partial charge in [-0.3, -0.25) is 9.59 Å². The van der Waals surface area contributed by atoms with Gasteiger partial charge in [0.25, 0.3) is 0 Å². The predicted octanol–water partition coefficient (Wildman–Crippen LogP) is 2.36. The summed E-state index contributed by atoms with van der Waals surface area (Å²) in [7, 11) is 0. The molecule has 0 aromatic heterocycles. The fourth-order valence-corrected chi connectivity index (χ4v) is 2.39. The molecular formula is C14H12O3. The van der Waals surface area contributed by atoms with E-state index >= 15 is 0 Å². The van der Waals surface area contributed by atoms with Gasteiger partial charge in [-0.2, -0.15) is 0 Å². The van der Waals surface area contributed by atoms with E-state index < -0.39 is 11.6 Å². The number of carbonyl (C=O) groups is 2. The van der Waals surface area contributed by atoms with Gasteiger partial charge in [-0.05, 0) is 6.42 Å². The maximum absolute atomic E-state index is 11.9. The molecule has 3 nitrogen and oxygen atoms in total. The van der Waals surface area contributed by atoms with E-state index in [1.807, 2.05) is 19.1 Å². The molecule has 1 heterocycles. The quantitative estimate of drug-likeness (QED) is 0.693. The Hall–Kier alpha value is -1.90. The van der Waals surface area contributed by atoms with Crippen molar-refractivity contribution in [2.24, 2.45) is 0 Å². The van der Waals surface area contributed by atoms with Crippen LogP contribution in [0.15, 0.2) is 29.8 Å². The molecule has 0 radical (unpaired) electrons. The summed E-state index contributed by atoms with van der Waals surface area (Å²) >= 11 is 0. The molecule has 0 N–H and O–H groups in total. The highest BCUT2D eigenvalue weighted by Crippen LogP contribution is 2.39. The standard InChI is InChI=1S/C14H12O3/c1-2-8-7-11-13(16)12(15)9-5-3-4-6-10(9)14(11)17-8/h3-6,8H,2,7H2,1H3. The summed E-state index contributed by atoms with van der Waals surface area (Å²) in [5, 5.41) is 0. The molecule has 1 aromatic rings. The Morgan fingerprint density at radius 3 is 2.59 bits per heavy atom. The molecular weight excluding hydrogens is 216 g/mol. The molecule has 0 saturated heterocycles. The van der Waals surface area contributed by atoms with Crippen LogP contribution in [0, 0.1) is 0 Å². The first-order chi connectivity index (χ1) is 8.22. The zero-order valence-electron chi connectivity index (χ0n) is 9.53. The van der Waals surface area contributed by atoms with Gasteiger partial charge in [0.2, 0.25) is 11.6 Å². The number of ether oxygens (including phenoxy) is 1. The Labute approximate surface area is 99.1 Å². The van der Waals surface area contributed by atoms with Crippen LogP contribution in [0.5, 0.6) is 0 Å². The summed E-state index contributed by atoms with van der Waals surface area (Å²) in [5.41, 5.74) is 1.79. The summed E-state index contributed by atoms with van der Waals surface area (Å²) in [6.45, 7) is 2.02. The third-order valence-electron chi connectivity index (χ3n) is 3.34. The van der Waals surface area contributed by atoms with Crippen LogP contribution < -0.4 is 0 Å². The largest absolute Gasteiger partial charge is 0.489 e. The van der Waals surface area contributed by atoms with E-state index in [1.165, 1.54) is 0 Å². The lowest BCUT2D eigenvalue weighted by Gasteiger charge is -2.15. The highest BCUT2D eigenvalue weighted by atomic mass is 16.5. The maximum Gasteiger partial charge on any atom is 0.234 e. The first-order valence-electron chi connectivity index (χ1n) is 5.80. The van der Waals surface area contributed by atoms with E-state index in [9.17, 15) is 9.59 Å². The van der Waals surface area contributed by atoms with Crippen LogP contribution >= 0.6 is 0 Å². The number of carbonyl (C=O) groups excluding carboxylic acids is 2. The fraction of sp³-hybridized carbons (Fsp3) is 0.286. The molecule has 0 fully saturated rings. The van der Waals surface area contributed by atoms with E-state index in [1.54, 1.807) is 12.1 Å². The topological polar surface area (TPSA) is 43.4 Å². The molecule has 0 saturated carbocycles. The molecule has 3 rings (SSSR count). The molecule has 1 aliphatic carbocycles. The molecule has 1 unspecified atom stereocenters. The minimum absolute atomic E-state index is 0.0305. The van der Waals surface area contributed by atoms with E-state index in [-0.39, 0.29) is 6.10 Å². The molecule has 2 aliphatic rings. The monoisotopic (exact) mass is 228 g/mol. The third kappa shape index (κ3) is 1.35. The predicted molar refractivity (Wildman–Crippen MR) is 62.5 cm³/mol. The normalized spacial score (nSPS) is 22.3. The van der Waals surface area contributed by atoms with Gasteiger partial charge in [0.1, 0.15) is 11.9 Å². The van der Waals surface area contributed by atoms with Crippen LogP contribution in [0.25, 0.3) is 5.76 Å². The van der Waals surface area contributed by atoms with E-state index in [0.29, 0.717) is 23.3 Å². The SMILES string of the molecule is CCC1CC2=C(O1)c1ccccc1C(=O)C2=O. The van der Waals surface area contributed by atoms with Crippen LogP contribution in [-0.4, -0.2) is 17.7 Å². The minimum atomic E-state index is -0.403. The zero-order valence-corrected chi connectivity index (χ0v) is 9.53. The Balaban J connectivity index is 2.17. The average Bonchev–Trinajstić information content (AvgIpc) is 2.80. The van der Waals surface area contributed by atoms with Crippen LogP contribution in [0.3, 0.4) is 0 Å². The molecule has 1 aromatic carbocycles. The molecule has 1 atom stereocenters. The van der Waals surface area contributed by atoms with Gasteiger partial charge in [-0.15, -0.1) is 0 Å². The van der Waals surface area contributed by atoms with Crippen molar-refractivity contribution in [2.45, 2.75) is 25.9 Å². The molecule has 0 amide bonds. The number of fused-ring (bicyclic) bond motifs is 2. The highest BCUT2D eigenvalue weighted by molar-refractivity contribution is 6.52. The van der Waals surface area contributed by atoms with Gasteiger partial charge in [0, 0.05) is 23.1 Å². The summed E-state index contributed by atoms with van der Waals surface area (Å²) < 4.78 is 5.77. The van der Waals surface area contributed by atoms with Gasteiger partial charge in [-0.25, -0.2) is 0 Å². The maximum atomic E-state index is 11.9. The van der Waals surface area contributed by atoms with Gasteiger partial charge < -0.3 is 4.74 Å². The smallest absolute Gasteiger partial charge is 0.234 e. The number of Topliss-reactive ketones (excluding diaryl/α,β-unsaturated/α-hetero) is 2. The van der Waals surface area contributed by atoms with Crippen LogP contribution in [0.2, 0.25) is 0 Å². The Kier molecular flexibility index (Phi) is 2.15. The van der Waals surface area contributed by atoms with Crippen LogP contribution in [0.4, 0.5) is 0 Å². The molecule has 0 spiro atoms. The van der Waals surface area contributed by atoms with E-state index in [0.717, 1.165) is 12.0 Å². The van der Waals surface area contributed by atoms with Crippen molar-refractivity contribution in [1.82, 2.24) is 0 Å². The summed E-state index contributed by atoms with van der Waals surface area (Å²) in [6.07, 6.45) is 1.43. The zero-order chi connectivity index (χ0) is 12.0. The first-order valence-corrected chi connectivity index (χ1v) is 5.80. The summed E-state index contributed by atoms with van der Waals surface area (Å²) in [4.78, 5) is 23.9. The highest BCUT2D eigenvalue weighted by Gasteiger charge is 2.39. The number of rotatable bonds is 1. The number of benzene rings is 1. The van der Waals surface area contributed by atoms with Gasteiger partial charge in [0.15, 0.2) is 0 Å². The number of hydrogen-bond donors (Lipinski definition) is 0. The van der Waals surface area contributed by atoms with E-state index in [4.69, 9.17) is 4.74 Å². The number of hydrogen-bond acceptors (Lipinski definition) is 3. The second kappa shape index (κ2) is 3.55. The lowest BCUT2D eigenvalue weighted by Crippen LogP contribution is -2.22. The molecule has 17 heavy (non-hydrogen) atoms. The van der Waals surface area contributed by atoms with Crippen molar-refractivity contribution in [3.63, 3.8) is 0 Å². The van der Waals surface area contributed by atoms with Gasteiger partial charge in [0.05, 0.1) is 0 Å². The van der Waals surface area contributed by atoms with Gasteiger partial charge in [-0.1, -0.05) is 31.2 Å². The average molecular weight is 228 g/mol. The minimum Gasteiger partial charge on any atom is -0.489 e. The summed E-state index contributed by atoms with van der Waals surface area (Å²) in [5.74, 6) is -0.175. The molecule has 1 aliphatic heterocycles. The number of ketones is 2. The second-order valence-electron chi connectivity index (χ2n) is 4.36. The lowest BCUT2D eigenvalue weighted by atomic mass is 9.87. The fourth-order valence-electron chi connectivity index (χ4n) is 2.39. The Morgan fingerprint density at radius 1 is 1.18 bits per heavy atom.